The quantitative estimate of drug-likeness (QED) is 0.736. The van der Waals surface area contributed by atoms with Gasteiger partial charge in [-0.25, -0.2) is 0 Å². The molecule has 2 rings (SSSR count). The fraction of sp³-hybridized carbons (Fsp3) is 0.733. The molecular weight excluding hydrogens is 240 g/mol. The molecule has 0 spiro atoms. The van der Waals surface area contributed by atoms with Gasteiger partial charge in [0.25, 0.3) is 0 Å². The Kier molecular flexibility index (Phi) is 5.51. The largest absolute Gasteiger partial charge is 0.472 e. The first-order valence-electron chi connectivity index (χ1n) is 7.40. The van der Waals surface area contributed by atoms with Gasteiger partial charge in [-0.2, -0.15) is 0 Å². The maximum Gasteiger partial charge on any atom is 0.248 e. The predicted octanol–water partition coefficient (Wildman–Crippen LogP) is 3.46. The van der Waals surface area contributed by atoms with Crippen molar-refractivity contribution in [2.24, 2.45) is 11.8 Å². The Balaban J connectivity index is 1.84. The summed E-state index contributed by atoms with van der Waals surface area (Å²) in [5.74, 6) is 1.49. The van der Waals surface area contributed by atoms with Crippen LogP contribution in [-0.2, 0) is 4.43 Å². The minimum Gasteiger partial charge on any atom is -0.472 e. The van der Waals surface area contributed by atoms with Gasteiger partial charge in [0, 0.05) is 6.61 Å². The number of rotatable bonds is 6. The first-order chi connectivity index (χ1) is 8.75. The van der Waals surface area contributed by atoms with E-state index in [1.807, 2.05) is 6.07 Å². The van der Waals surface area contributed by atoms with Gasteiger partial charge in [-0.3, -0.25) is 0 Å². The minimum atomic E-state index is -1.34. The van der Waals surface area contributed by atoms with E-state index in [2.05, 4.69) is 19.9 Å². The third kappa shape index (κ3) is 4.29. The van der Waals surface area contributed by atoms with E-state index in [4.69, 9.17) is 8.84 Å². The fourth-order valence-electron chi connectivity index (χ4n) is 2.77. The molecule has 0 amide bonds. The number of hydrogen-bond acceptors (Lipinski definition) is 2. The summed E-state index contributed by atoms with van der Waals surface area (Å²) in [5.41, 5.74) is 0. The highest BCUT2D eigenvalue weighted by Gasteiger charge is 2.22. The van der Waals surface area contributed by atoms with Crippen LogP contribution in [0, 0.1) is 11.8 Å². The molecule has 0 saturated heterocycles. The zero-order valence-corrected chi connectivity index (χ0v) is 12.9. The van der Waals surface area contributed by atoms with Crippen molar-refractivity contribution in [2.45, 2.75) is 52.0 Å². The van der Waals surface area contributed by atoms with Crippen molar-refractivity contribution in [1.29, 1.82) is 0 Å². The van der Waals surface area contributed by atoms with Gasteiger partial charge in [0.2, 0.25) is 9.04 Å². The number of hydrogen-bond donors (Lipinski definition) is 0. The van der Waals surface area contributed by atoms with E-state index in [0.29, 0.717) is 5.92 Å². The summed E-state index contributed by atoms with van der Waals surface area (Å²) in [6.07, 6.45) is 8.71. The Morgan fingerprint density at radius 1 is 1.33 bits per heavy atom. The second-order valence-corrected chi connectivity index (χ2v) is 8.32. The summed E-state index contributed by atoms with van der Waals surface area (Å²) < 4.78 is 11.9. The van der Waals surface area contributed by atoms with E-state index in [1.165, 1.54) is 38.1 Å². The van der Waals surface area contributed by atoms with E-state index >= 15 is 0 Å². The third-order valence-electron chi connectivity index (χ3n) is 3.80. The van der Waals surface area contributed by atoms with Crippen molar-refractivity contribution in [1.82, 2.24) is 0 Å². The van der Waals surface area contributed by atoms with Gasteiger partial charge < -0.3 is 8.84 Å². The van der Waals surface area contributed by atoms with Crippen molar-refractivity contribution < 1.29 is 8.84 Å². The molecule has 1 heterocycles. The zero-order chi connectivity index (χ0) is 12.8. The lowest BCUT2D eigenvalue weighted by Crippen LogP contribution is -2.35. The Bertz CT molecular complexity index is 315. The molecule has 1 unspecified atom stereocenters. The van der Waals surface area contributed by atoms with Crippen LogP contribution in [0.4, 0.5) is 0 Å². The summed E-state index contributed by atoms with van der Waals surface area (Å²) in [4.78, 5) is 0. The smallest absolute Gasteiger partial charge is 0.248 e. The Morgan fingerprint density at radius 2 is 2.11 bits per heavy atom. The van der Waals surface area contributed by atoms with E-state index in [1.54, 1.807) is 6.26 Å². The second kappa shape index (κ2) is 7.15. The van der Waals surface area contributed by atoms with Gasteiger partial charge in [0.05, 0.1) is 6.26 Å². The van der Waals surface area contributed by atoms with Crippen molar-refractivity contribution in [3.8, 4) is 0 Å². The van der Waals surface area contributed by atoms with Crippen LogP contribution in [0.5, 0.6) is 0 Å². The zero-order valence-electron chi connectivity index (χ0n) is 11.7. The molecule has 0 aliphatic heterocycles. The average Bonchev–Trinajstić information content (AvgIpc) is 2.89. The molecule has 0 N–H and O–H groups in total. The van der Waals surface area contributed by atoms with Crippen LogP contribution in [0.2, 0.25) is 6.04 Å². The lowest BCUT2D eigenvalue weighted by Gasteiger charge is -2.24. The molecule has 1 aromatic rings. The summed E-state index contributed by atoms with van der Waals surface area (Å²) >= 11 is 0. The molecule has 1 aliphatic carbocycles. The fourth-order valence-corrected chi connectivity index (χ4v) is 5.22. The van der Waals surface area contributed by atoms with Gasteiger partial charge in [0.1, 0.15) is 5.38 Å². The van der Waals surface area contributed by atoms with E-state index in [0.717, 1.165) is 17.9 Å². The molecule has 0 aromatic carbocycles. The summed E-state index contributed by atoms with van der Waals surface area (Å²) in [6, 6.07) is 5.26. The molecule has 3 heteroatoms. The lowest BCUT2D eigenvalue weighted by molar-refractivity contribution is 0.208. The highest BCUT2D eigenvalue weighted by molar-refractivity contribution is 6.66. The maximum atomic E-state index is 6.28. The summed E-state index contributed by atoms with van der Waals surface area (Å²) in [7, 11) is -1.34. The Labute approximate surface area is 112 Å². The lowest BCUT2D eigenvalue weighted by atomic mass is 9.90. The van der Waals surface area contributed by atoms with Crippen LogP contribution in [0.15, 0.2) is 22.8 Å². The van der Waals surface area contributed by atoms with Crippen LogP contribution in [0.25, 0.3) is 0 Å². The van der Waals surface area contributed by atoms with Crippen molar-refractivity contribution in [3.05, 3.63) is 18.4 Å². The maximum absolute atomic E-state index is 6.28. The van der Waals surface area contributed by atoms with Gasteiger partial charge >= 0.3 is 0 Å². The molecule has 1 fully saturated rings. The van der Waals surface area contributed by atoms with Crippen LogP contribution in [0.3, 0.4) is 0 Å². The molecule has 102 valence electrons. The highest BCUT2D eigenvalue weighted by atomic mass is 28.3. The van der Waals surface area contributed by atoms with Crippen LogP contribution in [-0.4, -0.2) is 15.6 Å². The summed E-state index contributed by atoms with van der Waals surface area (Å²) in [6.45, 7) is 5.50. The number of furan rings is 1. The molecule has 0 bridgehead atoms. The minimum absolute atomic E-state index is 0.693. The molecule has 2 nitrogen and oxygen atoms in total. The van der Waals surface area contributed by atoms with Gasteiger partial charge in [0.15, 0.2) is 0 Å². The van der Waals surface area contributed by atoms with E-state index in [-0.39, 0.29) is 0 Å². The molecular formula is C15H26O2Si. The van der Waals surface area contributed by atoms with Gasteiger partial charge in [-0.15, -0.1) is 0 Å². The Hall–Kier alpha value is -0.543. The predicted molar refractivity (Wildman–Crippen MR) is 77.7 cm³/mol. The SMILES string of the molecule is CC(C)C[SiH](OCC1CCCCC1)c1ccco1. The van der Waals surface area contributed by atoms with E-state index < -0.39 is 9.04 Å². The topological polar surface area (TPSA) is 22.4 Å². The molecule has 1 saturated carbocycles. The van der Waals surface area contributed by atoms with Crippen LogP contribution < -0.4 is 5.38 Å². The van der Waals surface area contributed by atoms with Crippen molar-refractivity contribution in [2.75, 3.05) is 6.61 Å². The third-order valence-corrected chi connectivity index (χ3v) is 6.73. The molecule has 1 atom stereocenters. The van der Waals surface area contributed by atoms with Crippen molar-refractivity contribution >= 4 is 14.4 Å². The van der Waals surface area contributed by atoms with Crippen LogP contribution in [0.1, 0.15) is 46.0 Å². The molecule has 1 aliphatic rings. The standard InChI is InChI=1S/C15H26O2Si/c1-13(2)12-18(15-9-6-10-16-15)17-11-14-7-4-3-5-8-14/h6,9-10,13-14,18H,3-5,7-8,11-12H2,1-2H3. The van der Waals surface area contributed by atoms with Crippen LogP contribution >= 0.6 is 0 Å². The second-order valence-electron chi connectivity index (χ2n) is 5.97. The van der Waals surface area contributed by atoms with E-state index in [9.17, 15) is 0 Å². The monoisotopic (exact) mass is 266 g/mol. The Morgan fingerprint density at radius 3 is 2.72 bits per heavy atom. The first kappa shape index (κ1) is 13.9. The first-order valence-corrected chi connectivity index (χ1v) is 9.27. The molecule has 1 aromatic heterocycles. The van der Waals surface area contributed by atoms with Gasteiger partial charge in [-0.1, -0.05) is 33.1 Å². The summed E-state index contributed by atoms with van der Waals surface area (Å²) in [5, 5.41) is 1.12. The van der Waals surface area contributed by atoms with Gasteiger partial charge in [-0.05, 0) is 42.9 Å². The highest BCUT2D eigenvalue weighted by Crippen LogP contribution is 2.24. The molecule has 18 heavy (non-hydrogen) atoms. The average molecular weight is 266 g/mol. The molecule has 0 radical (unpaired) electrons. The normalized spacial score (nSPS) is 19.3. The van der Waals surface area contributed by atoms with Crippen molar-refractivity contribution in [3.63, 3.8) is 0 Å².